The van der Waals surface area contributed by atoms with Crippen molar-refractivity contribution in [1.82, 2.24) is 20.0 Å². The smallest absolute Gasteiger partial charge is 0.318 e. The second-order valence-corrected chi connectivity index (χ2v) is 13.8. The lowest BCUT2D eigenvalue weighted by Gasteiger charge is -2.69. The minimum atomic E-state index is -0.575. The molecule has 4 saturated carbocycles. The summed E-state index contributed by atoms with van der Waals surface area (Å²) in [7, 11) is 0. The van der Waals surface area contributed by atoms with Gasteiger partial charge in [0, 0.05) is 17.6 Å². The molecule has 4 fully saturated rings. The Kier molecular flexibility index (Phi) is 5.11. The van der Waals surface area contributed by atoms with E-state index in [0.717, 1.165) is 19.3 Å². The molecule has 36 heavy (non-hydrogen) atoms. The number of nitrogens with one attached hydrogen (secondary N) is 1. The van der Waals surface area contributed by atoms with Crippen molar-refractivity contribution in [3.8, 4) is 11.3 Å². The summed E-state index contributed by atoms with van der Waals surface area (Å²) in [6, 6.07) is 5.07. The quantitative estimate of drug-likeness (QED) is 0.540. The van der Waals surface area contributed by atoms with Crippen LogP contribution in [0.3, 0.4) is 0 Å². The molecule has 5 aliphatic rings. The van der Waals surface area contributed by atoms with Crippen LogP contribution in [-0.2, 0) is 13.1 Å². The van der Waals surface area contributed by atoms with Gasteiger partial charge in [0.15, 0.2) is 0 Å². The van der Waals surface area contributed by atoms with Crippen molar-refractivity contribution in [2.45, 2.75) is 77.9 Å². The Morgan fingerprint density at radius 1 is 0.944 bits per heavy atom. The maximum Gasteiger partial charge on any atom is 0.318 e. The summed E-state index contributed by atoms with van der Waals surface area (Å²) in [6.07, 6.45) is 6.85. The number of nitrogens with two attached hydrogens (primary N) is 1. The minimum absolute atomic E-state index is 0.0632. The highest BCUT2D eigenvalue weighted by molar-refractivity contribution is 6.42. The van der Waals surface area contributed by atoms with Gasteiger partial charge in [-0.15, -0.1) is 0 Å². The van der Waals surface area contributed by atoms with Crippen LogP contribution in [0.1, 0.15) is 75.3 Å². The number of carbonyl (C=O) groups excluding carboxylic acids is 2. The van der Waals surface area contributed by atoms with Crippen molar-refractivity contribution in [1.29, 1.82) is 0 Å². The molecule has 7 rings (SSSR count). The van der Waals surface area contributed by atoms with Crippen LogP contribution in [-0.4, -0.2) is 38.7 Å². The first kappa shape index (κ1) is 24.1. The van der Waals surface area contributed by atoms with Crippen LogP contribution in [0.25, 0.3) is 11.3 Å². The molecule has 0 saturated heterocycles. The molecule has 0 radical (unpaired) electrons. The van der Waals surface area contributed by atoms with E-state index in [1.807, 2.05) is 0 Å². The number of nitrogens with zero attached hydrogens (tertiary/aromatic N) is 3. The molecule has 0 atom stereocenters. The van der Waals surface area contributed by atoms with Crippen LogP contribution in [0.5, 0.6) is 0 Å². The third-order valence-corrected chi connectivity index (χ3v) is 9.67. The molecule has 2 heterocycles. The van der Waals surface area contributed by atoms with Gasteiger partial charge in [0.25, 0.3) is 5.91 Å². The maximum atomic E-state index is 13.7. The molecule has 1 aliphatic heterocycles. The fourth-order valence-electron chi connectivity index (χ4n) is 9.33. The Bertz CT molecular complexity index is 1250. The molecule has 0 unspecified atom stereocenters. The first-order chi connectivity index (χ1) is 16.8. The number of urea groups is 1. The van der Waals surface area contributed by atoms with Gasteiger partial charge < -0.3 is 16.0 Å². The maximum absolute atomic E-state index is 13.7. The van der Waals surface area contributed by atoms with Gasteiger partial charge in [-0.3, -0.25) is 9.48 Å². The van der Waals surface area contributed by atoms with Gasteiger partial charge in [-0.2, -0.15) is 5.10 Å². The van der Waals surface area contributed by atoms with Crippen LogP contribution in [0.2, 0.25) is 10.0 Å². The lowest BCUT2D eigenvalue weighted by Crippen LogP contribution is -2.68. The number of hydrogen-bond donors (Lipinski definition) is 2. The van der Waals surface area contributed by atoms with E-state index in [1.54, 1.807) is 27.8 Å². The van der Waals surface area contributed by atoms with Crippen molar-refractivity contribution in [2.75, 3.05) is 6.54 Å². The number of benzene rings is 1. The largest absolute Gasteiger partial charge is 0.365 e. The molecule has 3 N–H and O–H groups in total. The summed E-state index contributed by atoms with van der Waals surface area (Å²) in [5, 5.41) is 8.98. The number of amides is 3. The fourth-order valence-corrected chi connectivity index (χ4v) is 9.62. The minimum Gasteiger partial charge on any atom is -0.365 e. The molecule has 0 spiro atoms. The van der Waals surface area contributed by atoms with E-state index in [2.05, 4.69) is 31.2 Å². The number of halogens is 2. The molecule has 3 amide bonds. The molecule has 2 aromatic rings. The first-order valence-corrected chi connectivity index (χ1v) is 13.5. The van der Waals surface area contributed by atoms with Crippen molar-refractivity contribution in [3.05, 3.63) is 39.5 Å². The Labute approximate surface area is 221 Å². The topological polar surface area (TPSA) is 93.2 Å². The molecule has 4 aliphatic carbocycles. The predicted molar refractivity (Wildman–Crippen MR) is 140 cm³/mol. The molecule has 1 aromatic carbocycles. The van der Waals surface area contributed by atoms with E-state index < -0.39 is 5.91 Å². The van der Waals surface area contributed by atoms with E-state index in [9.17, 15) is 9.59 Å². The van der Waals surface area contributed by atoms with E-state index in [1.165, 1.54) is 19.3 Å². The summed E-state index contributed by atoms with van der Waals surface area (Å²) in [4.78, 5) is 28.0. The highest BCUT2D eigenvalue weighted by atomic mass is 35.5. The summed E-state index contributed by atoms with van der Waals surface area (Å²) in [5.74, 6) is -0.575. The number of fused-ring (bicyclic) bond motifs is 1. The zero-order valence-electron chi connectivity index (χ0n) is 21.1. The van der Waals surface area contributed by atoms with Crippen LogP contribution in [0.15, 0.2) is 18.2 Å². The third kappa shape index (κ3) is 3.81. The van der Waals surface area contributed by atoms with Gasteiger partial charge in [0.1, 0.15) is 5.69 Å². The monoisotopic (exact) mass is 529 g/mol. The summed E-state index contributed by atoms with van der Waals surface area (Å²) in [6.45, 7) is 8.51. The van der Waals surface area contributed by atoms with Crippen LogP contribution in [0.4, 0.5) is 4.79 Å². The van der Waals surface area contributed by atoms with E-state index >= 15 is 0 Å². The lowest BCUT2D eigenvalue weighted by atomic mass is 9.38. The molecule has 9 heteroatoms. The molecule has 1 aromatic heterocycles. The number of aromatic nitrogens is 2. The van der Waals surface area contributed by atoms with Crippen molar-refractivity contribution in [2.24, 2.45) is 22.0 Å². The SMILES string of the molecule is CC12CC3(C)CC(C)(C1)CC(NC(=O)N1CCn4nc(-c5ccc(Cl)c(Cl)c5)c(C(N)=O)c4C1)(C2)C3. The number of rotatable bonds is 3. The molecular formula is C27H33Cl2N5O2. The van der Waals surface area contributed by atoms with Crippen molar-refractivity contribution >= 4 is 35.1 Å². The van der Waals surface area contributed by atoms with Gasteiger partial charge in [0.2, 0.25) is 0 Å². The third-order valence-electron chi connectivity index (χ3n) is 8.93. The van der Waals surface area contributed by atoms with Gasteiger partial charge >= 0.3 is 6.03 Å². The van der Waals surface area contributed by atoms with E-state index in [0.29, 0.717) is 45.6 Å². The normalized spacial score (nSPS) is 34.5. The van der Waals surface area contributed by atoms with Gasteiger partial charge in [-0.25, -0.2) is 4.79 Å². The highest BCUT2D eigenvalue weighted by Gasteiger charge is 2.64. The highest BCUT2D eigenvalue weighted by Crippen LogP contribution is 2.70. The first-order valence-electron chi connectivity index (χ1n) is 12.7. The second-order valence-electron chi connectivity index (χ2n) is 13.0. The number of carbonyl (C=O) groups is 2. The molecule has 7 nitrogen and oxygen atoms in total. The number of hydrogen-bond acceptors (Lipinski definition) is 3. The molecular weight excluding hydrogens is 497 g/mol. The van der Waals surface area contributed by atoms with Crippen molar-refractivity contribution in [3.63, 3.8) is 0 Å². The van der Waals surface area contributed by atoms with Gasteiger partial charge in [-0.05, 0) is 66.9 Å². The predicted octanol–water partition coefficient (Wildman–Crippen LogP) is 5.62. The molecule has 4 bridgehead atoms. The zero-order chi connectivity index (χ0) is 25.7. The Hall–Kier alpha value is -2.25. The zero-order valence-corrected chi connectivity index (χ0v) is 22.6. The van der Waals surface area contributed by atoms with Crippen LogP contribution in [0, 0.1) is 16.2 Å². The van der Waals surface area contributed by atoms with Crippen molar-refractivity contribution < 1.29 is 9.59 Å². The number of primary amides is 1. The molecule has 192 valence electrons. The average molecular weight is 531 g/mol. The van der Waals surface area contributed by atoms with Gasteiger partial charge in [-0.1, -0.05) is 50.0 Å². The Morgan fingerprint density at radius 2 is 1.56 bits per heavy atom. The average Bonchev–Trinajstić information content (AvgIpc) is 3.10. The van der Waals surface area contributed by atoms with Crippen LogP contribution >= 0.6 is 23.2 Å². The summed E-state index contributed by atoms with van der Waals surface area (Å²) >= 11 is 12.3. The Balaban J connectivity index is 1.28. The Morgan fingerprint density at radius 3 is 2.11 bits per heavy atom. The van der Waals surface area contributed by atoms with Gasteiger partial charge in [0.05, 0.1) is 34.4 Å². The second kappa shape index (κ2) is 7.64. The summed E-state index contributed by atoms with van der Waals surface area (Å²) < 4.78 is 1.79. The van der Waals surface area contributed by atoms with E-state index in [4.69, 9.17) is 28.9 Å². The fraction of sp³-hybridized carbons (Fsp3) is 0.593. The van der Waals surface area contributed by atoms with Crippen LogP contribution < -0.4 is 11.1 Å². The standard InChI is InChI=1S/C27H33Cl2N5O2/c1-24-10-25(2)12-26(3,11-24)15-27(13-24,14-25)31-23(36)33-6-7-34-19(9-33)20(22(30)35)21(32-34)16-4-5-17(28)18(29)8-16/h4-5,8H,6-7,9-15H2,1-3H3,(H2,30,35)(H,31,36). The summed E-state index contributed by atoms with van der Waals surface area (Å²) in [5.41, 5.74) is 8.60. The lowest BCUT2D eigenvalue weighted by molar-refractivity contribution is -0.155. The van der Waals surface area contributed by atoms with E-state index in [-0.39, 0.29) is 34.4 Å².